The van der Waals surface area contributed by atoms with E-state index in [9.17, 15) is 33.6 Å². The van der Waals surface area contributed by atoms with Crippen molar-refractivity contribution in [2.45, 2.75) is 57.0 Å². The third-order valence-electron chi connectivity index (χ3n) is 5.35. The first-order chi connectivity index (χ1) is 17.4. The smallest absolute Gasteiger partial charge is 0.459 e. The zero-order valence-electron chi connectivity index (χ0n) is 20.3. The van der Waals surface area contributed by atoms with Gasteiger partial charge in [-0.05, 0) is 32.9 Å². The molecule has 1 aliphatic rings. The monoisotopic (exact) mass is 545 g/mol. The quantitative estimate of drug-likeness (QED) is 0.230. The fraction of sp³-hybridized carbons (Fsp3) is 0.500. The number of carbonyl (C=O) groups excluding carboxylic acids is 1. The highest BCUT2D eigenvalue weighted by atomic mass is 31.2. The third kappa shape index (κ3) is 6.72. The molecule has 13 nitrogen and oxygen atoms in total. The molecule has 0 radical (unpaired) electrons. The Morgan fingerprint density at radius 3 is 2.54 bits per heavy atom. The van der Waals surface area contributed by atoms with Gasteiger partial charge in [0.05, 0.1) is 12.7 Å². The van der Waals surface area contributed by atoms with Crippen LogP contribution in [0.5, 0.6) is 5.75 Å². The number of hydrogen-bond acceptors (Lipinski definition) is 10. The van der Waals surface area contributed by atoms with Gasteiger partial charge in [-0.2, -0.15) is 5.09 Å². The second kappa shape index (κ2) is 11.7. The van der Waals surface area contributed by atoms with E-state index in [-0.39, 0.29) is 5.75 Å². The van der Waals surface area contributed by atoms with Crippen LogP contribution in [0.2, 0.25) is 0 Å². The Labute approximate surface area is 210 Å². The van der Waals surface area contributed by atoms with Gasteiger partial charge in [0, 0.05) is 12.3 Å². The number of benzene rings is 1. The number of H-pyrrole nitrogens is 1. The molecule has 2 heterocycles. The fourth-order valence-electron chi connectivity index (χ4n) is 3.53. The molecule has 0 spiro atoms. The van der Waals surface area contributed by atoms with Crippen molar-refractivity contribution < 1.29 is 42.5 Å². The minimum Gasteiger partial charge on any atom is -0.462 e. The number of aliphatic hydroxyl groups is 2. The number of ether oxygens (including phenoxy) is 2. The van der Waals surface area contributed by atoms with Crippen LogP contribution in [0, 0.1) is 0 Å². The Hall–Kier alpha value is -2.87. The highest BCUT2D eigenvalue weighted by Crippen LogP contribution is 2.47. The summed E-state index contributed by atoms with van der Waals surface area (Å²) >= 11 is 0. The summed E-state index contributed by atoms with van der Waals surface area (Å²) < 4.78 is 49.7. The number of nitrogens with one attached hydrogen (secondary N) is 2. The van der Waals surface area contributed by atoms with E-state index in [4.69, 9.17) is 18.5 Å². The summed E-state index contributed by atoms with van der Waals surface area (Å²) in [4.78, 5) is 37.8. The van der Waals surface area contributed by atoms with Gasteiger partial charge in [0.15, 0.2) is 11.8 Å². The number of nitrogens with zero attached hydrogens (tertiary/aromatic N) is 1. The molecular weight excluding hydrogens is 516 g/mol. The molecule has 1 aliphatic heterocycles. The number of aliphatic hydroxyl groups excluding tert-OH is 1. The van der Waals surface area contributed by atoms with E-state index in [1.807, 2.05) is 4.98 Å². The molecule has 1 aromatic heterocycles. The molecule has 4 N–H and O–H groups in total. The summed E-state index contributed by atoms with van der Waals surface area (Å²) in [6.07, 6.45) is -4.68. The average molecular weight is 545 g/mol. The molecule has 3 rings (SSSR count). The van der Waals surface area contributed by atoms with Crippen molar-refractivity contribution >= 4 is 13.7 Å². The minimum absolute atomic E-state index is 0.119. The lowest BCUT2D eigenvalue weighted by Gasteiger charge is -2.28. The Balaban J connectivity index is 1.83. The number of halogens is 1. The van der Waals surface area contributed by atoms with Gasteiger partial charge in [0.1, 0.15) is 30.7 Å². The van der Waals surface area contributed by atoms with E-state index in [0.717, 1.165) is 12.3 Å². The molecule has 1 aromatic carbocycles. The molecule has 1 saturated heterocycles. The van der Waals surface area contributed by atoms with E-state index < -0.39 is 74.4 Å². The van der Waals surface area contributed by atoms with Crippen molar-refractivity contribution in [3.63, 3.8) is 0 Å². The van der Waals surface area contributed by atoms with Gasteiger partial charge in [-0.1, -0.05) is 18.2 Å². The molecule has 0 saturated carbocycles. The number of esters is 1. The van der Waals surface area contributed by atoms with Crippen LogP contribution >= 0.6 is 7.75 Å². The molecular formula is C22H29FN3O10P. The fourth-order valence-corrected chi connectivity index (χ4v) is 5.03. The second-order valence-electron chi connectivity index (χ2n) is 8.65. The summed E-state index contributed by atoms with van der Waals surface area (Å²) in [5.74, 6) is -0.620. The van der Waals surface area contributed by atoms with Gasteiger partial charge in [0.2, 0.25) is 0 Å². The summed E-state index contributed by atoms with van der Waals surface area (Å²) in [5.41, 5.74) is -4.36. The lowest BCUT2D eigenvalue weighted by molar-refractivity contribution is -0.149. The van der Waals surface area contributed by atoms with Crippen molar-refractivity contribution in [2.75, 3.05) is 13.3 Å². The van der Waals surface area contributed by atoms with E-state index in [1.54, 1.807) is 32.0 Å². The minimum atomic E-state index is -4.37. The molecule has 0 amide bonds. The molecule has 0 aliphatic carbocycles. The van der Waals surface area contributed by atoms with Crippen LogP contribution in [0.25, 0.3) is 0 Å². The number of hydrogen-bond donors (Lipinski definition) is 4. The van der Waals surface area contributed by atoms with Crippen LogP contribution in [0.4, 0.5) is 4.39 Å². The Morgan fingerprint density at radius 1 is 1.27 bits per heavy atom. The first kappa shape index (κ1) is 28.7. The number of alkyl halides is 1. The number of aromatic amines is 1. The zero-order chi connectivity index (χ0) is 27.4. The highest BCUT2D eigenvalue weighted by molar-refractivity contribution is 7.52. The predicted octanol–water partition coefficient (Wildman–Crippen LogP) is 0.629. The molecule has 15 heteroatoms. The maximum absolute atomic E-state index is 13.9. The van der Waals surface area contributed by atoms with Gasteiger partial charge in [-0.25, -0.2) is 13.8 Å². The van der Waals surface area contributed by atoms with Crippen LogP contribution in [0.15, 0.2) is 52.2 Å². The molecule has 204 valence electrons. The first-order valence-electron chi connectivity index (χ1n) is 11.3. The largest absolute Gasteiger partial charge is 0.462 e. The molecule has 2 aromatic rings. The zero-order valence-corrected chi connectivity index (χ0v) is 21.2. The van der Waals surface area contributed by atoms with Crippen LogP contribution in [0.1, 0.15) is 27.0 Å². The lowest BCUT2D eigenvalue weighted by atomic mass is 9.95. The Bertz CT molecular complexity index is 1240. The van der Waals surface area contributed by atoms with Crippen LogP contribution in [0.3, 0.4) is 0 Å². The second-order valence-corrected chi connectivity index (χ2v) is 10.3. The van der Waals surface area contributed by atoms with Crippen molar-refractivity contribution in [1.82, 2.24) is 14.6 Å². The molecule has 0 bridgehead atoms. The molecule has 37 heavy (non-hydrogen) atoms. The molecule has 1 unspecified atom stereocenters. The summed E-state index contributed by atoms with van der Waals surface area (Å²) in [6.45, 7) is 2.39. The van der Waals surface area contributed by atoms with E-state index >= 15 is 0 Å². The summed E-state index contributed by atoms with van der Waals surface area (Å²) in [5, 5.41) is 23.9. The predicted molar refractivity (Wildman–Crippen MR) is 127 cm³/mol. The highest BCUT2D eigenvalue weighted by Gasteiger charge is 2.57. The molecule has 1 fully saturated rings. The molecule has 6 atom stereocenters. The number of carbonyl (C=O) groups is 1. The lowest BCUT2D eigenvalue weighted by Crippen LogP contribution is -2.51. The van der Waals surface area contributed by atoms with Crippen molar-refractivity contribution in [1.29, 1.82) is 0 Å². The van der Waals surface area contributed by atoms with Crippen molar-refractivity contribution in [2.24, 2.45) is 0 Å². The van der Waals surface area contributed by atoms with Crippen LogP contribution in [-0.4, -0.2) is 69.0 Å². The number of aromatic nitrogens is 2. The van der Waals surface area contributed by atoms with Crippen LogP contribution < -0.4 is 20.9 Å². The first-order valence-corrected chi connectivity index (χ1v) is 12.8. The van der Waals surface area contributed by atoms with E-state index in [2.05, 4.69) is 5.09 Å². The third-order valence-corrected chi connectivity index (χ3v) is 6.99. The van der Waals surface area contributed by atoms with E-state index in [1.165, 1.54) is 19.1 Å². The van der Waals surface area contributed by atoms with Gasteiger partial charge in [-0.3, -0.25) is 23.7 Å². The topological polar surface area (TPSA) is 178 Å². The van der Waals surface area contributed by atoms with E-state index in [0.29, 0.717) is 4.57 Å². The maximum atomic E-state index is 13.9. The van der Waals surface area contributed by atoms with Gasteiger partial charge < -0.3 is 24.2 Å². The standard InChI is InChI=1S/C22H29FN3O10P/c1-13(2)34-19(29)14(3)25-37(32,36-15-7-5-4-6-8-15)33-11-16-18(28)22(31,12-23)20(35-16)26-10-9-17(27)24-21(26)30/h4-10,13-14,16,18,20,28,31H,11-12H2,1-3H3,(H,25,32)(H,24,27,30)/t14-,16+,18?,20+,22+,37+/m0/s1. The van der Waals surface area contributed by atoms with Gasteiger partial charge in [0.25, 0.3) is 5.56 Å². The summed E-state index contributed by atoms with van der Waals surface area (Å²) in [6, 6.07) is 7.66. The van der Waals surface area contributed by atoms with Gasteiger partial charge in [-0.15, -0.1) is 0 Å². The summed E-state index contributed by atoms with van der Waals surface area (Å²) in [7, 11) is -4.37. The Morgan fingerprint density at radius 2 is 1.95 bits per heavy atom. The average Bonchev–Trinajstić information content (AvgIpc) is 3.08. The maximum Gasteiger partial charge on any atom is 0.459 e. The van der Waals surface area contributed by atoms with Crippen molar-refractivity contribution in [3.8, 4) is 5.75 Å². The normalized spacial score (nSPS) is 26.0. The number of rotatable bonds is 11. The Kier molecular flexibility index (Phi) is 9.05. The van der Waals surface area contributed by atoms with Gasteiger partial charge >= 0.3 is 19.4 Å². The van der Waals surface area contributed by atoms with Crippen LogP contribution in [-0.2, 0) is 23.4 Å². The number of para-hydroxylation sites is 1. The van der Waals surface area contributed by atoms with Crippen molar-refractivity contribution in [3.05, 3.63) is 63.4 Å². The SMILES string of the molecule is CC(C)OC(=O)[C@H](C)N[P@@](=O)(OC[C@H]1O[C@@H](n2ccc(=O)[nH]c2=O)[C@@](O)(CF)C1O)Oc1ccccc1.